The van der Waals surface area contributed by atoms with E-state index in [1.165, 1.54) is 0 Å². The van der Waals surface area contributed by atoms with E-state index in [0.717, 1.165) is 10.6 Å². The summed E-state index contributed by atoms with van der Waals surface area (Å²) in [5.41, 5.74) is -0.236. The SMILES string of the molecule is O=C(O)c1nc2sc(C(F)(F)F)cn2c1I. The molecule has 86 valence electrons. The second kappa shape index (κ2) is 3.58. The number of aromatic carboxylic acids is 1. The standard InChI is InChI=1S/C7H2F3IN2O2S/c8-7(9,10)2-1-13-4(11)3(5(14)15)12-6(13)16-2/h1H,(H,14,15). The Bertz CT molecular complexity index is 574. The van der Waals surface area contributed by atoms with Crippen LogP contribution < -0.4 is 0 Å². The van der Waals surface area contributed by atoms with Gasteiger partial charge in [-0.1, -0.05) is 11.3 Å². The number of carboxylic acid groups (broad SMARTS) is 1. The lowest BCUT2D eigenvalue weighted by Gasteiger charge is -1.99. The number of halogens is 4. The summed E-state index contributed by atoms with van der Waals surface area (Å²) in [4.78, 5) is 13.5. The molecule has 0 spiro atoms. The van der Waals surface area contributed by atoms with Gasteiger partial charge in [0.25, 0.3) is 0 Å². The molecule has 4 nitrogen and oxygen atoms in total. The van der Waals surface area contributed by atoms with Crippen LogP contribution in [-0.2, 0) is 6.18 Å². The number of alkyl halides is 3. The van der Waals surface area contributed by atoms with E-state index in [0.29, 0.717) is 11.3 Å². The zero-order valence-electron chi connectivity index (χ0n) is 7.25. The fourth-order valence-electron chi connectivity index (χ4n) is 1.09. The van der Waals surface area contributed by atoms with Crippen molar-refractivity contribution in [1.82, 2.24) is 9.38 Å². The Kier molecular flexibility index (Phi) is 2.61. The number of carboxylic acids is 1. The van der Waals surface area contributed by atoms with E-state index in [4.69, 9.17) is 5.11 Å². The summed E-state index contributed by atoms with van der Waals surface area (Å²) >= 11 is 2.06. The fraction of sp³-hybridized carbons (Fsp3) is 0.143. The highest BCUT2D eigenvalue weighted by Gasteiger charge is 2.34. The minimum atomic E-state index is -4.43. The van der Waals surface area contributed by atoms with E-state index >= 15 is 0 Å². The molecule has 2 aromatic rings. The molecule has 0 atom stereocenters. The van der Waals surface area contributed by atoms with Crippen LogP contribution in [0.2, 0.25) is 0 Å². The van der Waals surface area contributed by atoms with Crippen molar-refractivity contribution in [3.05, 3.63) is 20.5 Å². The smallest absolute Gasteiger partial charge is 0.427 e. The Labute approximate surface area is 104 Å². The monoisotopic (exact) mass is 362 g/mol. The lowest BCUT2D eigenvalue weighted by Crippen LogP contribution is -2.03. The minimum absolute atomic E-state index is 0.0223. The maximum Gasteiger partial charge on any atom is 0.427 e. The number of imidazole rings is 1. The number of hydrogen-bond donors (Lipinski definition) is 1. The van der Waals surface area contributed by atoms with Gasteiger partial charge in [-0.3, -0.25) is 4.40 Å². The van der Waals surface area contributed by atoms with Crippen molar-refractivity contribution in [2.75, 3.05) is 0 Å². The van der Waals surface area contributed by atoms with Crippen LogP contribution in [0.3, 0.4) is 0 Å². The third-order valence-electron chi connectivity index (χ3n) is 1.75. The number of hydrogen-bond acceptors (Lipinski definition) is 3. The van der Waals surface area contributed by atoms with Crippen molar-refractivity contribution in [1.29, 1.82) is 0 Å². The quantitative estimate of drug-likeness (QED) is 0.794. The Morgan fingerprint density at radius 2 is 2.19 bits per heavy atom. The topological polar surface area (TPSA) is 54.6 Å². The number of nitrogens with zero attached hydrogens (tertiary/aromatic N) is 2. The molecule has 16 heavy (non-hydrogen) atoms. The van der Waals surface area contributed by atoms with Gasteiger partial charge >= 0.3 is 12.1 Å². The highest BCUT2D eigenvalue weighted by molar-refractivity contribution is 14.1. The van der Waals surface area contributed by atoms with Gasteiger partial charge in [0.15, 0.2) is 10.7 Å². The highest BCUT2D eigenvalue weighted by atomic mass is 127. The molecule has 0 amide bonds. The molecule has 1 N–H and O–H groups in total. The maximum absolute atomic E-state index is 12.3. The fourth-order valence-corrected chi connectivity index (χ4v) is 2.82. The van der Waals surface area contributed by atoms with Crippen LogP contribution in [0, 0.1) is 3.70 Å². The van der Waals surface area contributed by atoms with Gasteiger partial charge < -0.3 is 5.11 Å². The summed E-state index contributed by atoms with van der Waals surface area (Å²) in [5.74, 6) is -1.26. The molecule has 9 heteroatoms. The summed E-state index contributed by atoms with van der Waals surface area (Å²) in [7, 11) is 0. The predicted molar refractivity (Wildman–Crippen MR) is 57.7 cm³/mol. The van der Waals surface area contributed by atoms with Crippen LogP contribution in [0.1, 0.15) is 15.4 Å². The molecule has 2 aromatic heterocycles. The van der Waals surface area contributed by atoms with Gasteiger partial charge in [-0.25, -0.2) is 9.78 Å². The van der Waals surface area contributed by atoms with Gasteiger partial charge in [0.2, 0.25) is 0 Å². The van der Waals surface area contributed by atoms with Gasteiger partial charge in [0, 0.05) is 6.20 Å². The largest absolute Gasteiger partial charge is 0.476 e. The summed E-state index contributed by atoms with van der Waals surface area (Å²) in [6, 6.07) is 0. The molecule has 2 heterocycles. The molecular weight excluding hydrogens is 360 g/mol. The van der Waals surface area contributed by atoms with Crippen LogP contribution in [0.25, 0.3) is 4.96 Å². The second-order valence-corrected chi connectivity index (χ2v) is 4.83. The molecule has 0 aliphatic heterocycles. The number of thiazole rings is 1. The van der Waals surface area contributed by atoms with Gasteiger partial charge in [0.1, 0.15) is 8.58 Å². The van der Waals surface area contributed by atoms with E-state index in [1.807, 2.05) is 0 Å². The lowest BCUT2D eigenvalue weighted by atomic mass is 10.5. The van der Waals surface area contributed by atoms with Gasteiger partial charge in [0.05, 0.1) is 0 Å². The van der Waals surface area contributed by atoms with E-state index in [2.05, 4.69) is 4.98 Å². The summed E-state index contributed by atoms with van der Waals surface area (Å²) < 4.78 is 38.3. The van der Waals surface area contributed by atoms with Crippen molar-refractivity contribution in [3.8, 4) is 0 Å². The van der Waals surface area contributed by atoms with Gasteiger partial charge in [-0.2, -0.15) is 13.2 Å². The molecule has 0 unspecified atom stereocenters. The summed E-state index contributed by atoms with van der Waals surface area (Å²) in [6.07, 6.45) is -3.58. The molecule has 0 aliphatic carbocycles. The highest BCUT2D eigenvalue weighted by Crippen LogP contribution is 2.35. The number of fused-ring (bicyclic) bond motifs is 1. The van der Waals surface area contributed by atoms with Crippen molar-refractivity contribution in [3.63, 3.8) is 0 Å². The average Bonchev–Trinajstić information content (AvgIpc) is 2.64. The van der Waals surface area contributed by atoms with E-state index in [1.54, 1.807) is 22.6 Å². The van der Waals surface area contributed by atoms with E-state index in [-0.39, 0.29) is 14.4 Å². The van der Waals surface area contributed by atoms with E-state index < -0.39 is 17.0 Å². The van der Waals surface area contributed by atoms with Gasteiger partial charge in [-0.15, -0.1) is 0 Å². The molecule has 0 radical (unpaired) electrons. The number of carbonyl (C=O) groups is 1. The maximum atomic E-state index is 12.3. The number of aromatic nitrogens is 2. The molecular formula is C7H2F3IN2O2S. The van der Waals surface area contributed by atoms with E-state index in [9.17, 15) is 18.0 Å². The normalized spacial score (nSPS) is 12.2. The van der Waals surface area contributed by atoms with Crippen LogP contribution in [-0.4, -0.2) is 20.5 Å². The zero-order valence-corrected chi connectivity index (χ0v) is 10.2. The Morgan fingerprint density at radius 1 is 1.56 bits per heavy atom. The Balaban J connectivity index is 2.63. The predicted octanol–water partition coefficient (Wildman–Crippen LogP) is 2.72. The number of rotatable bonds is 1. The van der Waals surface area contributed by atoms with Crippen molar-refractivity contribution < 1.29 is 23.1 Å². The third kappa shape index (κ3) is 1.77. The first-order chi connectivity index (χ1) is 7.30. The van der Waals surface area contributed by atoms with Crippen molar-refractivity contribution in [2.24, 2.45) is 0 Å². The lowest BCUT2D eigenvalue weighted by molar-refractivity contribution is -0.134. The zero-order chi connectivity index (χ0) is 12.1. The van der Waals surface area contributed by atoms with Crippen LogP contribution >= 0.6 is 33.9 Å². The third-order valence-corrected chi connectivity index (χ3v) is 3.81. The first kappa shape index (κ1) is 11.6. The molecule has 0 saturated heterocycles. The molecule has 0 bridgehead atoms. The Morgan fingerprint density at radius 3 is 2.62 bits per heavy atom. The van der Waals surface area contributed by atoms with Crippen molar-refractivity contribution >= 4 is 44.9 Å². The van der Waals surface area contributed by atoms with Crippen LogP contribution in [0.4, 0.5) is 13.2 Å². The molecule has 2 rings (SSSR count). The average molecular weight is 362 g/mol. The molecule has 0 aliphatic rings. The first-order valence-electron chi connectivity index (χ1n) is 3.78. The molecule has 0 saturated carbocycles. The minimum Gasteiger partial charge on any atom is -0.476 e. The van der Waals surface area contributed by atoms with Crippen molar-refractivity contribution in [2.45, 2.75) is 6.18 Å². The molecule has 0 aromatic carbocycles. The van der Waals surface area contributed by atoms with Crippen LogP contribution in [0.5, 0.6) is 0 Å². The van der Waals surface area contributed by atoms with Gasteiger partial charge in [-0.05, 0) is 22.6 Å². The summed E-state index contributed by atoms with van der Waals surface area (Å²) in [5, 5.41) is 8.72. The Hall–Kier alpha value is -0.840. The van der Waals surface area contributed by atoms with Crippen LogP contribution in [0.15, 0.2) is 6.20 Å². The first-order valence-corrected chi connectivity index (χ1v) is 5.68. The second-order valence-electron chi connectivity index (χ2n) is 2.80. The molecule has 0 fully saturated rings. The summed E-state index contributed by atoms with van der Waals surface area (Å²) in [6.45, 7) is 0.